The maximum Gasteiger partial charge on any atom is 0.330 e. The number of nitrogens with one attached hydrogen (secondary N) is 1. The first-order valence-electron chi connectivity index (χ1n) is 9.90. The lowest BCUT2D eigenvalue weighted by molar-refractivity contribution is -0.120. The summed E-state index contributed by atoms with van der Waals surface area (Å²) in [5.41, 5.74) is 0.524. The minimum absolute atomic E-state index is 0.0138. The zero-order chi connectivity index (χ0) is 23.0. The highest BCUT2D eigenvalue weighted by Crippen LogP contribution is 2.33. The molecule has 0 saturated carbocycles. The Hall–Kier alpha value is -4.14. The Morgan fingerprint density at radius 3 is 2.41 bits per heavy atom. The number of hydrogen-bond donors (Lipinski definition) is 1. The van der Waals surface area contributed by atoms with Crippen molar-refractivity contribution in [1.82, 2.24) is 14.5 Å². The van der Waals surface area contributed by atoms with Gasteiger partial charge in [0, 0.05) is 37.5 Å². The molecular formula is C23H21N3O6. The number of carbonyl (C=O) groups excluding carboxylic acids is 1. The minimum Gasteiger partial charge on any atom is -0.457 e. The fourth-order valence-electron chi connectivity index (χ4n) is 3.50. The molecule has 0 fully saturated rings. The molecule has 4 aromatic rings. The van der Waals surface area contributed by atoms with Crippen LogP contribution in [0.2, 0.25) is 0 Å². The van der Waals surface area contributed by atoms with Gasteiger partial charge in [-0.25, -0.2) is 4.79 Å². The molecular weight excluding hydrogens is 414 g/mol. The number of hydrogen-bond acceptors (Lipinski definition) is 6. The van der Waals surface area contributed by atoms with E-state index in [9.17, 15) is 19.2 Å². The Labute approximate surface area is 181 Å². The van der Waals surface area contributed by atoms with E-state index in [-0.39, 0.29) is 35.5 Å². The second-order valence-corrected chi connectivity index (χ2v) is 7.48. The van der Waals surface area contributed by atoms with Gasteiger partial charge in [-0.3, -0.25) is 23.5 Å². The van der Waals surface area contributed by atoms with Crippen molar-refractivity contribution in [1.29, 1.82) is 0 Å². The van der Waals surface area contributed by atoms with Crippen molar-refractivity contribution in [3.63, 3.8) is 0 Å². The summed E-state index contributed by atoms with van der Waals surface area (Å²) in [5.74, 6) is 0.394. The summed E-state index contributed by atoms with van der Waals surface area (Å²) >= 11 is 0. The molecule has 0 radical (unpaired) electrons. The zero-order valence-corrected chi connectivity index (χ0v) is 17.8. The van der Waals surface area contributed by atoms with Crippen LogP contribution in [0.5, 0.6) is 0 Å². The molecule has 9 heteroatoms. The van der Waals surface area contributed by atoms with Crippen molar-refractivity contribution < 1.29 is 13.6 Å². The summed E-state index contributed by atoms with van der Waals surface area (Å²) in [6.07, 6.45) is -0.123. The predicted molar refractivity (Wildman–Crippen MR) is 117 cm³/mol. The molecule has 0 aliphatic heterocycles. The van der Waals surface area contributed by atoms with Crippen molar-refractivity contribution in [2.24, 2.45) is 14.1 Å². The smallest absolute Gasteiger partial charge is 0.330 e. The number of aryl methyl sites for hydroxylation is 1. The average molecular weight is 435 g/mol. The number of amides is 1. The Morgan fingerprint density at radius 1 is 0.969 bits per heavy atom. The van der Waals surface area contributed by atoms with Crippen LogP contribution in [-0.4, -0.2) is 15.0 Å². The summed E-state index contributed by atoms with van der Waals surface area (Å²) in [4.78, 5) is 49.2. The first-order valence-corrected chi connectivity index (χ1v) is 9.90. The van der Waals surface area contributed by atoms with Crippen LogP contribution >= 0.6 is 0 Å². The molecule has 4 rings (SSSR count). The maximum atomic E-state index is 12.8. The summed E-state index contributed by atoms with van der Waals surface area (Å²) in [6.45, 7) is 1.64. The van der Waals surface area contributed by atoms with Crippen LogP contribution in [0.1, 0.15) is 17.0 Å². The van der Waals surface area contributed by atoms with Crippen molar-refractivity contribution in [3.05, 3.63) is 90.5 Å². The number of fused-ring (bicyclic) bond motifs is 1. The molecule has 0 spiro atoms. The quantitative estimate of drug-likeness (QED) is 0.509. The van der Waals surface area contributed by atoms with E-state index < -0.39 is 11.2 Å². The van der Waals surface area contributed by atoms with E-state index in [0.29, 0.717) is 28.3 Å². The van der Waals surface area contributed by atoms with Crippen LogP contribution in [0.25, 0.3) is 22.5 Å². The average Bonchev–Trinajstić information content (AvgIpc) is 3.13. The number of carbonyl (C=O) groups is 1. The lowest BCUT2D eigenvalue weighted by Crippen LogP contribution is -2.39. The Balaban J connectivity index is 1.68. The van der Waals surface area contributed by atoms with Gasteiger partial charge < -0.3 is 14.2 Å². The Kier molecular flexibility index (Phi) is 5.40. The molecule has 0 unspecified atom stereocenters. The van der Waals surface area contributed by atoms with Gasteiger partial charge in [0.2, 0.25) is 16.9 Å². The fraction of sp³-hybridized carbons (Fsp3) is 0.217. The van der Waals surface area contributed by atoms with Crippen molar-refractivity contribution in [3.8, 4) is 11.3 Å². The van der Waals surface area contributed by atoms with Gasteiger partial charge in [0.15, 0.2) is 5.58 Å². The first-order chi connectivity index (χ1) is 15.3. The monoisotopic (exact) mass is 435 g/mol. The van der Waals surface area contributed by atoms with Crippen molar-refractivity contribution in [2.45, 2.75) is 19.9 Å². The minimum atomic E-state index is -0.480. The third-order valence-electron chi connectivity index (χ3n) is 5.25. The molecule has 0 saturated heterocycles. The third-order valence-corrected chi connectivity index (χ3v) is 5.25. The lowest BCUT2D eigenvalue weighted by atomic mass is 10.1. The highest BCUT2D eigenvalue weighted by molar-refractivity contribution is 5.89. The van der Waals surface area contributed by atoms with E-state index in [2.05, 4.69) is 5.32 Å². The normalized spacial score (nSPS) is 11.1. The number of benzene rings is 1. The predicted octanol–water partition coefficient (Wildman–Crippen LogP) is 1.62. The largest absolute Gasteiger partial charge is 0.457 e. The molecule has 3 heterocycles. The highest BCUT2D eigenvalue weighted by atomic mass is 16.4. The summed E-state index contributed by atoms with van der Waals surface area (Å²) in [7, 11) is 2.91. The van der Waals surface area contributed by atoms with Gasteiger partial charge in [-0.2, -0.15) is 0 Å². The second kappa shape index (κ2) is 8.18. The summed E-state index contributed by atoms with van der Waals surface area (Å²) in [6, 6.07) is 11.7. The van der Waals surface area contributed by atoms with E-state index in [4.69, 9.17) is 8.83 Å². The van der Waals surface area contributed by atoms with Gasteiger partial charge in [0.1, 0.15) is 11.5 Å². The van der Waals surface area contributed by atoms with Crippen LogP contribution in [0.3, 0.4) is 0 Å². The molecule has 1 N–H and O–H groups in total. The molecule has 1 amide bonds. The number of aromatic nitrogens is 2. The number of nitrogens with zero attached hydrogens (tertiary/aromatic N) is 2. The second-order valence-electron chi connectivity index (χ2n) is 7.48. The third kappa shape index (κ3) is 3.80. The van der Waals surface area contributed by atoms with Crippen LogP contribution in [0.15, 0.2) is 65.7 Å². The van der Waals surface area contributed by atoms with Crippen LogP contribution < -0.4 is 22.0 Å². The van der Waals surface area contributed by atoms with E-state index in [1.807, 2.05) is 30.3 Å². The van der Waals surface area contributed by atoms with Crippen LogP contribution in [0.4, 0.5) is 0 Å². The van der Waals surface area contributed by atoms with E-state index in [1.54, 1.807) is 6.92 Å². The molecule has 0 aliphatic carbocycles. The van der Waals surface area contributed by atoms with Crippen molar-refractivity contribution >= 4 is 17.1 Å². The maximum absolute atomic E-state index is 12.8. The molecule has 0 atom stereocenters. The van der Waals surface area contributed by atoms with Crippen LogP contribution in [0, 0.1) is 6.92 Å². The van der Waals surface area contributed by atoms with Gasteiger partial charge in [-0.1, -0.05) is 30.3 Å². The van der Waals surface area contributed by atoms with Gasteiger partial charge in [-0.05, 0) is 6.92 Å². The van der Waals surface area contributed by atoms with Gasteiger partial charge in [0.25, 0.3) is 5.56 Å². The van der Waals surface area contributed by atoms with Gasteiger partial charge >= 0.3 is 5.69 Å². The standard InChI is InChI=1S/C23H21N3O6/c1-13-9-17(27)22-21(31-13)16(20(32-22)14-7-5-4-6-8-14)11-18(28)24-12-15-10-19(29)26(3)23(30)25(15)2/h4-10H,11-12H2,1-3H3,(H,24,28). The van der Waals surface area contributed by atoms with E-state index in [0.717, 1.165) is 4.57 Å². The zero-order valence-electron chi connectivity index (χ0n) is 17.8. The summed E-state index contributed by atoms with van der Waals surface area (Å²) < 4.78 is 13.8. The highest BCUT2D eigenvalue weighted by Gasteiger charge is 2.23. The van der Waals surface area contributed by atoms with E-state index in [1.165, 1.54) is 30.8 Å². The van der Waals surface area contributed by atoms with Crippen molar-refractivity contribution in [2.75, 3.05) is 0 Å². The summed E-state index contributed by atoms with van der Waals surface area (Å²) in [5, 5.41) is 2.72. The molecule has 0 bridgehead atoms. The Bertz CT molecular complexity index is 1510. The molecule has 3 aromatic heterocycles. The van der Waals surface area contributed by atoms with Gasteiger partial charge in [-0.15, -0.1) is 0 Å². The topological polar surface area (TPSA) is 116 Å². The molecule has 32 heavy (non-hydrogen) atoms. The SMILES string of the molecule is Cc1cc(=O)c2oc(-c3ccccc3)c(CC(=O)NCc3cc(=O)n(C)c(=O)n3C)c2o1. The molecule has 1 aromatic carbocycles. The fourth-order valence-corrected chi connectivity index (χ4v) is 3.50. The van der Waals surface area contributed by atoms with E-state index >= 15 is 0 Å². The molecule has 9 nitrogen and oxygen atoms in total. The number of rotatable bonds is 5. The Morgan fingerprint density at radius 2 is 1.69 bits per heavy atom. The first kappa shape index (κ1) is 21.1. The lowest BCUT2D eigenvalue weighted by Gasteiger charge is -2.10. The van der Waals surface area contributed by atoms with Gasteiger partial charge in [0.05, 0.1) is 18.5 Å². The number of furan rings is 1. The van der Waals surface area contributed by atoms with Crippen LogP contribution in [-0.2, 0) is 31.9 Å². The molecule has 164 valence electrons. The molecule has 0 aliphatic rings.